The van der Waals surface area contributed by atoms with Gasteiger partial charge in [-0.2, -0.15) is 18.4 Å². The summed E-state index contributed by atoms with van der Waals surface area (Å²) in [7, 11) is 0. The van der Waals surface area contributed by atoms with E-state index in [-0.39, 0.29) is 12.0 Å². The lowest BCUT2D eigenvalue weighted by molar-refractivity contribution is -0.145. The molecule has 130 valence electrons. The number of aliphatic hydroxyl groups excluding tert-OH is 1. The van der Waals surface area contributed by atoms with E-state index in [0.717, 1.165) is 12.1 Å². The quantitative estimate of drug-likeness (QED) is 0.729. The van der Waals surface area contributed by atoms with Gasteiger partial charge >= 0.3 is 12.1 Å². The van der Waals surface area contributed by atoms with Gasteiger partial charge in [0, 0.05) is 12.3 Å². The molecular weight excluding hydrogens is 329 g/mol. The van der Waals surface area contributed by atoms with Crippen LogP contribution in [0.25, 0.3) is 0 Å². The van der Waals surface area contributed by atoms with Gasteiger partial charge < -0.3 is 15.5 Å². The first kappa shape index (κ1) is 19.4. The molecule has 0 radical (unpaired) electrons. The Balaban J connectivity index is 2.86. The first-order valence-corrected chi connectivity index (χ1v) is 6.83. The maximum absolute atomic E-state index is 12.5. The maximum Gasteiger partial charge on any atom is 0.416 e. The normalized spacial score (nSPS) is 15.0. The number of hydrogen-bond donors (Lipinski definition) is 3. The molecule has 0 unspecified atom stereocenters. The third-order valence-corrected chi connectivity index (χ3v) is 3.35. The van der Waals surface area contributed by atoms with E-state index in [2.05, 4.69) is 5.32 Å². The van der Waals surface area contributed by atoms with Gasteiger partial charge in [0.15, 0.2) is 6.10 Å². The molecule has 24 heavy (non-hydrogen) atoms. The third-order valence-electron chi connectivity index (χ3n) is 3.35. The van der Waals surface area contributed by atoms with Crippen LogP contribution < -0.4 is 5.32 Å². The van der Waals surface area contributed by atoms with Crippen LogP contribution in [0.2, 0.25) is 0 Å². The fourth-order valence-electron chi connectivity index (χ4n) is 1.95. The van der Waals surface area contributed by atoms with E-state index < -0.39 is 41.7 Å². The predicted octanol–water partition coefficient (Wildman–Crippen LogP) is 1.86. The monoisotopic (exact) mass is 344 g/mol. The van der Waals surface area contributed by atoms with Crippen LogP contribution in [0.4, 0.5) is 13.2 Å². The van der Waals surface area contributed by atoms with Crippen LogP contribution in [0, 0.1) is 17.2 Å². The first-order chi connectivity index (χ1) is 11.1. The summed E-state index contributed by atoms with van der Waals surface area (Å²) in [5, 5.41) is 29.6. The summed E-state index contributed by atoms with van der Waals surface area (Å²) in [6, 6.07) is 3.65. The summed E-state index contributed by atoms with van der Waals surface area (Å²) >= 11 is 0. The smallest absolute Gasteiger partial charge is 0.416 e. The molecule has 1 amide bonds. The number of carbonyl (C=O) groups is 2. The van der Waals surface area contributed by atoms with E-state index >= 15 is 0 Å². The van der Waals surface area contributed by atoms with Gasteiger partial charge in [-0.15, -0.1) is 0 Å². The minimum Gasteiger partial charge on any atom is -0.480 e. The van der Waals surface area contributed by atoms with Gasteiger partial charge in [0.25, 0.3) is 5.91 Å². The molecule has 3 atom stereocenters. The van der Waals surface area contributed by atoms with E-state index in [0.29, 0.717) is 12.1 Å². The Labute approximate surface area is 135 Å². The summed E-state index contributed by atoms with van der Waals surface area (Å²) in [6.07, 6.45) is -6.51. The zero-order valence-electron chi connectivity index (χ0n) is 12.5. The molecular formula is C15H15F3N2O4. The van der Waals surface area contributed by atoms with Crippen molar-refractivity contribution in [1.29, 1.82) is 5.26 Å². The standard InChI is InChI=1S/C15H15F3N2O4/c1-8(6-7-19)11(14(23)24)20-13(22)12(21)9-2-4-10(5-3-9)15(16,17)18/h2-5,8,11-12,21H,6H2,1H3,(H,20,22)(H,23,24)/t8-,11+,12+/m0/s1. The van der Waals surface area contributed by atoms with Crippen molar-refractivity contribution < 1.29 is 33.0 Å². The van der Waals surface area contributed by atoms with Gasteiger partial charge in [0.05, 0.1) is 11.6 Å². The molecule has 0 aliphatic rings. The molecule has 0 aliphatic heterocycles. The molecule has 0 saturated heterocycles. The Bertz CT molecular complexity index is 638. The largest absolute Gasteiger partial charge is 0.480 e. The lowest BCUT2D eigenvalue weighted by Crippen LogP contribution is -2.46. The SMILES string of the molecule is C[C@@H](CC#N)[C@@H](NC(=O)[C@H](O)c1ccc(C(F)(F)F)cc1)C(=O)O. The van der Waals surface area contributed by atoms with Crippen molar-refractivity contribution in [3.8, 4) is 6.07 Å². The molecule has 1 aromatic carbocycles. The number of aliphatic carboxylic acids is 1. The van der Waals surface area contributed by atoms with Gasteiger partial charge in [-0.3, -0.25) is 4.79 Å². The van der Waals surface area contributed by atoms with E-state index in [1.54, 1.807) is 6.07 Å². The highest BCUT2D eigenvalue weighted by molar-refractivity contribution is 5.87. The Morgan fingerprint density at radius 3 is 2.25 bits per heavy atom. The number of amides is 1. The van der Waals surface area contributed by atoms with Gasteiger partial charge in [-0.1, -0.05) is 19.1 Å². The Kier molecular flexibility index (Phi) is 6.31. The highest BCUT2D eigenvalue weighted by Gasteiger charge is 2.32. The molecule has 6 nitrogen and oxygen atoms in total. The number of nitrogens with zero attached hydrogens (tertiary/aromatic N) is 1. The number of rotatable bonds is 6. The highest BCUT2D eigenvalue weighted by Crippen LogP contribution is 2.30. The molecule has 0 aromatic heterocycles. The van der Waals surface area contributed by atoms with Crippen molar-refractivity contribution in [3.05, 3.63) is 35.4 Å². The van der Waals surface area contributed by atoms with Crippen LogP contribution in [0.15, 0.2) is 24.3 Å². The second-order valence-electron chi connectivity index (χ2n) is 5.19. The Morgan fingerprint density at radius 2 is 1.83 bits per heavy atom. The van der Waals surface area contributed by atoms with Crippen LogP contribution >= 0.6 is 0 Å². The number of halogens is 3. The van der Waals surface area contributed by atoms with Crippen molar-refractivity contribution in [2.75, 3.05) is 0 Å². The Morgan fingerprint density at radius 1 is 1.29 bits per heavy atom. The zero-order chi connectivity index (χ0) is 18.5. The molecule has 1 rings (SSSR count). The summed E-state index contributed by atoms with van der Waals surface area (Å²) in [6.45, 7) is 1.44. The summed E-state index contributed by atoms with van der Waals surface area (Å²) < 4.78 is 37.4. The molecule has 9 heteroatoms. The minimum atomic E-state index is -4.55. The van der Waals surface area contributed by atoms with Gasteiger partial charge in [0.1, 0.15) is 6.04 Å². The predicted molar refractivity (Wildman–Crippen MR) is 75.4 cm³/mol. The van der Waals surface area contributed by atoms with Crippen molar-refractivity contribution in [2.45, 2.75) is 31.7 Å². The first-order valence-electron chi connectivity index (χ1n) is 6.83. The lowest BCUT2D eigenvalue weighted by atomic mass is 9.98. The molecule has 0 bridgehead atoms. The average Bonchev–Trinajstić information content (AvgIpc) is 2.50. The highest BCUT2D eigenvalue weighted by atomic mass is 19.4. The van der Waals surface area contributed by atoms with Gasteiger partial charge in [-0.25, -0.2) is 4.79 Å². The van der Waals surface area contributed by atoms with Crippen LogP contribution in [0.1, 0.15) is 30.6 Å². The van der Waals surface area contributed by atoms with E-state index in [9.17, 15) is 27.9 Å². The number of nitriles is 1. The fraction of sp³-hybridized carbons (Fsp3) is 0.400. The van der Waals surface area contributed by atoms with Crippen molar-refractivity contribution in [2.24, 2.45) is 5.92 Å². The fourth-order valence-corrected chi connectivity index (χ4v) is 1.95. The molecule has 1 aromatic rings. The van der Waals surface area contributed by atoms with E-state index in [1.165, 1.54) is 6.92 Å². The topological polar surface area (TPSA) is 110 Å². The molecule has 0 aliphatic carbocycles. The molecule has 0 heterocycles. The number of nitrogens with one attached hydrogen (secondary N) is 1. The van der Waals surface area contributed by atoms with Gasteiger partial charge in [0.2, 0.25) is 0 Å². The van der Waals surface area contributed by atoms with Crippen molar-refractivity contribution in [1.82, 2.24) is 5.32 Å². The lowest BCUT2D eigenvalue weighted by Gasteiger charge is -2.21. The minimum absolute atomic E-state index is 0.113. The number of aliphatic hydroxyl groups is 1. The number of benzene rings is 1. The third kappa shape index (κ3) is 4.96. The summed E-state index contributed by atoms with van der Waals surface area (Å²) in [5.41, 5.74) is -1.05. The Hall–Kier alpha value is -2.60. The van der Waals surface area contributed by atoms with Gasteiger partial charge in [-0.05, 0) is 17.7 Å². The second kappa shape index (κ2) is 7.79. The van der Waals surface area contributed by atoms with Crippen molar-refractivity contribution >= 4 is 11.9 Å². The molecule has 0 saturated carbocycles. The maximum atomic E-state index is 12.5. The van der Waals surface area contributed by atoms with E-state index in [4.69, 9.17) is 10.4 Å². The number of carboxylic acid groups (broad SMARTS) is 1. The average molecular weight is 344 g/mol. The summed E-state index contributed by atoms with van der Waals surface area (Å²) in [4.78, 5) is 23.1. The van der Waals surface area contributed by atoms with Crippen molar-refractivity contribution in [3.63, 3.8) is 0 Å². The number of hydrogen-bond acceptors (Lipinski definition) is 4. The summed E-state index contributed by atoms with van der Waals surface area (Å²) in [5.74, 6) is -3.17. The molecule has 0 spiro atoms. The van der Waals surface area contributed by atoms with Crippen LogP contribution in [0.3, 0.4) is 0 Å². The van der Waals surface area contributed by atoms with Crippen LogP contribution in [-0.2, 0) is 15.8 Å². The number of carboxylic acids is 1. The van der Waals surface area contributed by atoms with Crippen LogP contribution in [0.5, 0.6) is 0 Å². The van der Waals surface area contributed by atoms with Crippen LogP contribution in [-0.4, -0.2) is 28.1 Å². The zero-order valence-corrected chi connectivity index (χ0v) is 12.5. The number of alkyl halides is 3. The second-order valence-corrected chi connectivity index (χ2v) is 5.19. The molecule has 3 N–H and O–H groups in total. The van der Waals surface area contributed by atoms with E-state index in [1.807, 2.05) is 0 Å². The number of carbonyl (C=O) groups excluding carboxylic acids is 1. The molecule has 0 fully saturated rings.